The van der Waals surface area contributed by atoms with Crippen molar-refractivity contribution in [3.8, 4) is 44.5 Å². The fraction of sp³-hybridized carbons (Fsp3) is 0.185. The van der Waals surface area contributed by atoms with E-state index in [4.69, 9.17) is 0 Å². The Bertz CT molecular complexity index is 4100. The van der Waals surface area contributed by atoms with E-state index in [1.165, 1.54) is 106 Å². The van der Waals surface area contributed by atoms with E-state index in [9.17, 15) is 0 Å². The number of fused-ring (bicyclic) bond motifs is 6. The zero-order valence-corrected chi connectivity index (χ0v) is 49.3. The summed E-state index contributed by atoms with van der Waals surface area (Å²) in [5.74, 6) is 0. The Balaban J connectivity index is 1.07. The normalized spacial score (nSPS) is 15.1. The van der Waals surface area contributed by atoms with Gasteiger partial charge in [-0.05, 0) is 165 Å². The van der Waals surface area contributed by atoms with Gasteiger partial charge in [0.25, 0.3) is 0 Å². The quantitative estimate of drug-likeness (QED) is 0.139. The van der Waals surface area contributed by atoms with Crippen molar-refractivity contribution in [1.82, 2.24) is 0 Å². The van der Waals surface area contributed by atoms with Crippen molar-refractivity contribution in [1.29, 1.82) is 0 Å². The molecule has 0 heterocycles. The summed E-state index contributed by atoms with van der Waals surface area (Å²) in [7, 11) is 0. The first kappa shape index (κ1) is 52.6. The number of rotatable bonds is 9. The van der Waals surface area contributed by atoms with E-state index in [1.807, 2.05) is 0 Å². The van der Waals surface area contributed by atoms with E-state index in [0.29, 0.717) is 0 Å². The molecular formula is C81H73N. The van der Waals surface area contributed by atoms with Crippen molar-refractivity contribution in [2.75, 3.05) is 4.90 Å². The van der Waals surface area contributed by atoms with Crippen LogP contribution in [0.3, 0.4) is 0 Å². The third-order valence-electron chi connectivity index (χ3n) is 18.0. The standard InChI is InChI=1S/C81H73N/c1-54-27-33-62(34-28-54)80(63-41-35-59(36-42-63)77(2,3)4)73-25-16-14-23-69(73)71-49-47-67(52-75(71)80)82(66-22-18-21-58(51-66)57-31-29-56(30-32-57)55-19-12-11-13-20-55)68-48-50-72-70-24-15-17-26-74(70)81(76(72)53-68,64-43-37-60(38-44-64)78(5,6)7)65-45-39-61(40-46-65)79(8,9)10/h11-53H,1-10H3. The number of aryl methyl sites for hydroxylation is 1. The molecule has 0 saturated carbocycles. The molecular weight excluding hydrogens is 987 g/mol. The zero-order valence-electron chi connectivity index (χ0n) is 49.3. The number of hydrogen-bond donors (Lipinski definition) is 0. The van der Waals surface area contributed by atoms with Gasteiger partial charge in [0.1, 0.15) is 0 Å². The summed E-state index contributed by atoms with van der Waals surface area (Å²) < 4.78 is 0. The van der Waals surface area contributed by atoms with Gasteiger partial charge in [-0.2, -0.15) is 0 Å². The van der Waals surface area contributed by atoms with Gasteiger partial charge in [-0.1, -0.05) is 292 Å². The molecule has 2 aliphatic rings. The first-order valence-electron chi connectivity index (χ1n) is 29.4. The van der Waals surface area contributed by atoms with Crippen molar-refractivity contribution in [3.63, 3.8) is 0 Å². The minimum atomic E-state index is -0.623. The molecule has 0 bridgehead atoms. The van der Waals surface area contributed by atoms with Crippen LogP contribution in [0.1, 0.15) is 129 Å². The van der Waals surface area contributed by atoms with Crippen LogP contribution >= 0.6 is 0 Å². The van der Waals surface area contributed by atoms with Gasteiger partial charge in [0.05, 0.1) is 10.8 Å². The fourth-order valence-electron chi connectivity index (χ4n) is 13.6. The molecule has 2 aliphatic carbocycles. The molecule has 0 aliphatic heterocycles. The van der Waals surface area contributed by atoms with Crippen molar-refractivity contribution < 1.29 is 0 Å². The first-order chi connectivity index (χ1) is 39.4. The van der Waals surface area contributed by atoms with Gasteiger partial charge >= 0.3 is 0 Å². The molecule has 11 aromatic rings. The molecule has 0 aromatic heterocycles. The van der Waals surface area contributed by atoms with Crippen molar-refractivity contribution in [2.24, 2.45) is 0 Å². The molecule has 0 fully saturated rings. The minimum absolute atomic E-state index is 0.00182. The van der Waals surface area contributed by atoms with Crippen molar-refractivity contribution in [2.45, 2.75) is 96.3 Å². The molecule has 11 aromatic carbocycles. The smallest absolute Gasteiger partial charge is 0.0714 e. The summed E-state index contributed by atoms with van der Waals surface area (Å²) in [6.07, 6.45) is 0. The Morgan fingerprint density at radius 2 is 0.585 bits per heavy atom. The number of nitrogens with zero attached hydrogens (tertiary/aromatic N) is 1. The predicted octanol–water partition coefficient (Wildman–Crippen LogP) is 21.4. The van der Waals surface area contributed by atoms with Gasteiger partial charge < -0.3 is 4.90 Å². The molecule has 1 atom stereocenters. The van der Waals surface area contributed by atoms with Gasteiger partial charge in [-0.25, -0.2) is 0 Å². The average Bonchev–Trinajstić information content (AvgIpc) is 4.10. The van der Waals surface area contributed by atoms with E-state index >= 15 is 0 Å². The Morgan fingerprint density at radius 3 is 1.00 bits per heavy atom. The summed E-state index contributed by atoms with van der Waals surface area (Å²) in [5.41, 5.74) is 27.3. The maximum atomic E-state index is 2.53. The molecule has 13 rings (SSSR count). The highest BCUT2D eigenvalue weighted by molar-refractivity contribution is 5.93. The van der Waals surface area contributed by atoms with E-state index in [1.54, 1.807) is 0 Å². The molecule has 0 N–H and O–H groups in total. The minimum Gasteiger partial charge on any atom is -0.310 e. The van der Waals surface area contributed by atoms with E-state index in [0.717, 1.165) is 22.6 Å². The summed E-state index contributed by atoms with van der Waals surface area (Å²) in [6.45, 7) is 23.0. The molecule has 1 nitrogen and oxygen atoms in total. The Morgan fingerprint density at radius 1 is 0.256 bits per heavy atom. The highest BCUT2D eigenvalue weighted by atomic mass is 15.1. The summed E-state index contributed by atoms with van der Waals surface area (Å²) in [5, 5.41) is 0. The maximum Gasteiger partial charge on any atom is 0.0714 e. The maximum absolute atomic E-state index is 2.53. The van der Waals surface area contributed by atoms with Crippen LogP contribution in [0.15, 0.2) is 261 Å². The third-order valence-corrected chi connectivity index (χ3v) is 18.0. The second kappa shape index (κ2) is 19.7. The lowest BCUT2D eigenvalue weighted by Gasteiger charge is -2.36. The number of anilines is 3. The Labute approximate surface area is 487 Å². The number of hydrogen-bond acceptors (Lipinski definition) is 1. The first-order valence-corrected chi connectivity index (χ1v) is 29.4. The van der Waals surface area contributed by atoms with Crippen molar-refractivity contribution >= 4 is 17.1 Å². The molecule has 1 unspecified atom stereocenters. The molecule has 1 heteroatoms. The zero-order chi connectivity index (χ0) is 56.8. The largest absolute Gasteiger partial charge is 0.310 e. The highest BCUT2D eigenvalue weighted by Crippen LogP contribution is 2.60. The fourth-order valence-corrected chi connectivity index (χ4v) is 13.6. The second-order valence-electron chi connectivity index (χ2n) is 26.2. The van der Waals surface area contributed by atoms with Crippen LogP contribution in [-0.2, 0) is 27.1 Å². The Kier molecular flexibility index (Phi) is 12.7. The highest BCUT2D eigenvalue weighted by Gasteiger charge is 2.48. The lowest BCUT2D eigenvalue weighted by Crippen LogP contribution is -2.29. The van der Waals surface area contributed by atoms with Gasteiger partial charge in [0.15, 0.2) is 0 Å². The van der Waals surface area contributed by atoms with Crippen LogP contribution < -0.4 is 4.90 Å². The summed E-state index contributed by atoms with van der Waals surface area (Å²) in [4.78, 5) is 2.53. The predicted molar refractivity (Wildman–Crippen MR) is 347 cm³/mol. The van der Waals surface area contributed by atoms with Crippen LogP contribution in [0, 0.1) is 6.92 Å². The molecule has 82 heavy (non-hydrogen) atoms. The van der Waals surface area contributed by atoms with Gasteiger partial charge in [0.2, 0.25) is 0 Å². The van der Waals surface area contributed by atoms with Crippen LogP contribution in [0.5, 0.6) is 0 Å². The van der Waals surface area contributed by atoms with Gasteiger partial charge in [0, 0.05) is 17.1 Å². The van der Waals surface area contributed by atoms with Crippen molar-refractivity contribution in [3.05, 3.63) is 328 Å². The van der Waals surface area contributed by atoms with E-state index in [2.05, 4.69) is 335 Å². The third kappa shape index (κ3) is 8.67. The summed E-state index contributed by atoms with van der Waals surface area (Å²) >= 11 is 0. The number of benzene rings is 11. The lowest BCUT2D eigenvalue weighted by molar-refractivity contribution is 0.588. The van der Waals surface area contributed by atoms with Crippen LogP contribution in [0.25, 0.3) is 44.5 Å². The summed E-state index contributed by atoms with van der Waals surface area (Å²) in [6, 6.07) is 99.8. The Hall–Kier alpha value is -8.78. The van der Waals surface area contributed by atoms with Gasteiger partial charge in [-0.15, -0.1) is 0 Å². The van der Waals surface area contributed by atoms with E-state index < -0.39 is 10.8 Å². The molecule has 0 spiro atoms. The topological polar surface area (TPSA) is 3.24 Å². The molecule has 0 saturated heterocycles. The lowest BCUT2D eigenvalue weighted by atomic mass is 9.66. The monoisotopic (exact) mass is 1060 g/mol. The van der Waals surface area contributed by atoms with E-state index in [-0.39, 0.29) is 16.2 Å². The molecule has 0 radical (unpaired) electrons. The van der Waals surface area contributed by atoms with Gasteiger partial charge in [-0.3, -0.25) is 0 Å². The second-order valence-corrected chi connectivity index (χ2v) is 26.2. The van der Waals surface area contributed by atoms with Crippen LogP contribution in [-0.4, -0.2) is 0 Å². The van der Waals surface area contributed by atoms with Crippen LogP contribution in [0.4, 0.5) is 17.1 Å². The van der Waals surface area contributed by atoms with Crippen LogP contribution in [0.2, 0.25) is 0 Å². The average molecular weight is 1060 g/mol. The molecule has 402 valence electrons. The molecule has 0 amide bonds. The SMILES string of the molecule is Cc1ccc(C2(c3ccc(C(C)(C)C)cc3)c3ccccc3-c3ccc(N(c4cccc(-c5ccc(-c6ccccc6)cc5)c4)c4ccc5c(c4)C(c4ccc(C(C)(C)C)cc4)(c4ccc(C(C)(C)C)cc4)c4ccccc4-5)cc32)cc1.